The fourth-order valence-electron chi connectivity index (χ4n) is 3.27. The summed E-state index contributed by atoms with van der Waals surface area (Å²) in [6.45, 7) is 10.9. The van der Waals surface area contributed by atoms with Crippen molar-refractivity contribution in [3.8, 4) is 0 Å². The summed E-state index contributed by atoms with van der Waals surface area (Å²) in [4.78, 5) is 0. The van der Waals surface area contributed by atoms with Crippen molar-refractivity contribution < 1.29 is 8.42 Å². The molecular formula is C26H29N3O2S. The van der Waals surface area contributed by atoms with Crippen LogP contribution in [0.3, 0.4) is 0 Å². The zero-order valence-electron chi connectivity index (χ0n) is 18.7. The number of nitrogens with zero attached hydrogens (tertiary/aromatic N) is 2. The van der Waals surface area contributed by atoms with Gasteiger partial charge in [0.15, 0.2) is 0 Å². The van der Waals surface area contributed by atoms with E-state index < -0.39 is 11.6 Å². The summed E-state index contributed by atoms with van der Waals surface area (Å²) in [5, 5.41) is 6.31. The lowest BCUT2D eigenvalue weighted by Crippen LogP contribution is -2.16. The predicted octanol–water partition coefficient (Wildman–Crippen LogP) is 5.48. The summed E-state index contributed by atoms with van der Waals surface area (Å²) in [5.41, 5.74) is 13.7. The van der Waals surface area contributed by atoms with Crippen molar-refractivity contribution in [2.75, 3.05) is 5.73 Å². The van der Waals surface area contributed by atoms with E-state index in [0.29, 0.717) is 6.54 Å². The standard InChI is InChI=1S/C26H29N3.O2S/c1-19-5-11-23(12-6-19)21(3)17-26(24-13-7-20(2)8-14-24)29(28-4)18-22-9-15-25(27)16-10-22;1-3-2/h5-17,21H,4,18,27H2,1-3H3;/b26-17-;. The van der Waals surface area contributed by atoms with Crippen molar-refractivity contribution in [3.05, 3.63) is 107 Å². The smallest absolute Gasteiger partial charge is 0.335 e. The summed E-state index contributed by atoms with van der Waals surface area (Å²) in [7, 11) is 0. The number of hydrogen-bond acceptors (Lipinski definition) is 5. The van der Waals surface area contributed by atoms with Gasteiger partial charge >= 0.3 is 11.6 Å². The molecule has 0 aliphatic heterocycles. The first-order valence-electron chi connectivity index (χ1n) is 10.2. The lowest BCUT2D eigenvalue weighted by molar-refractivity contribution is 0.417. The average Bonchev–Trinajstić information content (AvgIpc) is 2.79. The van der Waals surface area contributed by atoms with Crippen LogP contribution in [0.4, 0.5) is 5.69 Å². The van der Waals surface area contributed by atoms with E-state index >= 15 is 0 Å². The Hall–Kier alpha value is -3.51. The van der Waals surface area contributed by atoms with Crippen LogP contribution >= 0.6 is 0 Å². The van der Waals surface area contributed by atoms with E-state index in [-0.39, 0.29) is 5.92 Å². The van der Waals surface area contributed by atoms with Gasteiger partial charge in [-0.15, -0.1) is 0 Å². The second kappa shape index (κ2) is 12.4. The predicted molar refractivity (Wildman–Crippen MR) is 134 cm³/mol. The molecule has 5 nitrogen and oxygen atoms in total. The summed E-state index contributed by atoms with van der Waals surface area (Å²) < 4.78 is 16.6. The first-order valence-corrected chi connectivity index (χ1v) is 10.9. The van der Waals surface area contributed by atoms with E-state index in [1.165, 1.54) is 16.7 Å². The van der Waals surface area contributed by atoms with Crippen LogP contribution in [0.2, 0.25) is 0 Å². The third kappa shape index (κ3) is 7.32. The zero-order chi connectivity index (χ0) is 23.5. The van der Waals surface area contributed by atoms with Crippen LogP contribution in [0.25, 0.3) is 5.70 Å². The molecule has 32 heavy (non-hydrogen) atoms. The van der Waals surface area contributed by atoms with Gasteiger partial charge < -0.3 is 5.73 Å². The van der Waals surface area contributed by atoms with Gasteiger partial charge in [-0.1, -0.05) is 84.8 Å². The molecule has 0 spiro atoms. The quantitative estimate of drug-likeness (QED) is 0.296. The lowest BCUT2D eigenvalue weighted by Gasteiger charge is -2.24. The Morgan fingerprint density at radius 2 is 1.47 bits per heavy atom. The Morgan fingerprint density at radius 3 is 1.97 bits per heavy atom. The van der Waals surface area contributed by atoms with Crippen LogP contribution in [0.15, 0.2) is 84.0 Å². The molecule has 3 rings (SSSR count). The van der Waals surface area contributed by atoms with Crippen LogP contribution < -0.4 is 5.73 Å². The van der Waals surface area contributed by atoms with Gasteiger partial charge in [-0.25, -0.2) is 0 Å². The summed E-state index contributed by atoms with van der Waals surface area (Å²) in [5.74, 6) is 0.238. The largest absolute Gasteiger partial charge is 0.399 e. The number of nitrogens with two attached hydrogens (primary N) is 1. The number of anilines is 1. The first-order chi connectivity index (χ1) is 15.4. The highest BCUT2D eigenvalue weighted by Crippen LogP contribution is 2.28. The molecule has 0 saturated heterocycles. The highest BCUT2D eigenvalue weighted by molar-refractivity contribution is 7.51. The van der Waals surface area contributed by atoms with Crippen molar-refractivity contribution >= 4 is 29.7 Å². The molecule has 0 saturated carbocycles. The number of benzene rings is 3. The van der Waals surface area contributed by atoms with Gasteiger partial charge in [-0.3, -0.25) is 5.01 Å². The van der Waals surface area contributed by atoms with Gasteiger partial charge in [-0.05, 0) is 42.7 Å². The fourth-order valence-corrected chi connectivity index (χ4v) is 3.27. The molecule has 6 heteroatoms. The number of allylic oxidation sites excluding steroid dienone is 1. The third-order valence-electron chi connectivity index (χ3n) is 5.12. The topological polar surface area (TPSA) is 75.8 Å². The maximum Gasteiger partial charge on any atom is 0.335 e. The third-order valence-corrected chi connectivity index (χ3v) is 5.12. The highest BCUT2D eigenvalue weighted by atomic mass is 32.1. The molecule has 0 fully saturated rings. The summed E-state index contributed by atoms with van der Waals surface area (Å²) in [6, 6.07) is 25.1. The number of hydrazone groups is 1. The van der Waals surface area contributed by atoms with Gasteiger partial charge in [0, 0.05) is 18.3 Å². The van der Waals surface area contributed by atoms with Crippen molar-refractivity contribution in [1.82, 2.24) is 5.01 Å². The zero-order valence-corrected chi connectivity index (χ0v) is 19.5. The van der Waals surface area contributed by atoms with Crippen molar-refractivity contribution in [2.45, 2.75) is 33.2 Å². The van der Waals surface area contributed by atoms with Gasteiger partial charge in [0.05, 0.1) is 12.2 Å². The Labute approximate surface area is 193 Å². The monoisotopic (exact) mass is 447 g/mol. The fraction of sp³-hybridized carbons (Fsp3) is 0.192. The molecule has 0 radical (unpaired) electrons. The molecule has 3 aromatic carbocycles. The van der Waals surface area contributed by atoms with Gasteiger partial charge in [-0.2, -0.15) is 13.5 Å². The van der Waals surface area contributed by atoms with Crippen LogP contribution in [-0.2, 0) is 18.1 Å². The highest BCUT2D eigenvalue weighted by Gasteiger charge is 2.14. The second-order valence-corrected chi connectivity index (χ2v) is 7.76. The van der Waals surface area contributed by atoms with Gasteiger partial charge in [0.25, 0.3) is 0 Å². The maximum atomic E-state index is 8.29. The van der Waals surface area contributed by atoms with Crippen molar-refractivity contribution in [2.24, 2.45) is 5.10 Å². The molecule has 3 aromatic rings. The van der Waals surface area contributed by atoms with Crippen LogP contribution in [0, 0.1) is 13.8 Å². The number of aryl methyl sites for hydroxylation is 2. The number of hydrogen-bond donors (Lipinski definition) is 1. The SMILES string of the molecule is C=NN(Cc1ccc(N)cc1)/C(=C\C(C)c1ccc(C)cc1)c1ccc(C)cc1.O=S=O. The number of rotatable bonds is 7. The second-order valence-electron chi connectivity index (χ2n) is 7.63. The van der Waals surface area contributed by atoms with E-state index in [9.17, 15) is 0 Å². The molecular weight excluding hydrogens is 418 g/mol. The molecule has 0 aliphatic carbocycles. The Bertz CT molecular complexity index is 1070. The Balaban J connectivity index is 0.00000114. The molecule has 0 aliphatic rings. The summed E-state index contributed by atoms with van der Waals surface area (Å²) >= 11 is -0.750. The van der Waals surface area contributed by atoms with Gasteiger partial charge in [0.1, 0.15) is 0 Å². The van der Waals surface area contributed by atoms with Crippen LogP contribution in [-0.4, -0.2) is 20.1 Å². The minimum absolute atomic E-state index is 0.238. The molecule has 1 atom stereocenters. The van der Waals surface area contributed by atoms with Crippen molar-refractivity contribution in [1.29, 1.82) is 0 Å². The Morgan fingerprint density at radius 1 is 0.969 bits per heavy atom. The van der Waals surface area contributed by atoms with Crippen LogP contribution in [0.1, 0.15) is 40.7 Å². The van der Waals surface area contributed by atoms with E-state index in [2.05, 4.69) is 87.2 Å². The molecule has 2 N–H and O–H groups in total. The summed E-state index contributed by atoms with van der Waals surface area (Å²) in [6.07, 6.45) is 2.27. The molecule has 0 aromatic heterocycles. The van der Waals surface area contributed by atoms with Crippen molar-refractivity contribution in [3.63, 3.8) is 0 Å². The molecule has 0 amide bonds. The molecule has 1 unspecified atom stereocenters. The Kier molecular flexibility index (Phi) is 9.57. The normalized spacial score (nSPS) is 11.7. The lowest BCUT2D eigenvalue weighted by atomic mass is 9.97. The van der Waals surface area contributed by atoms with Gasteiger partial charge in [0.2, 0.25) is 0 Å². The van der Waals surface area contributed by atoms with E-state index in [0.717, 1.165) is 22.5 Å². The minimum Gasteiger partial charge on any atom is -0.399 e. The van der Waals surface area contributed by atoms with E-state index in [4.69, 9.17) is 14.2 Å². The number of nitrogen functional groups attached to an aromatic ring is 1. The van der Waals surface area contributed by atoms with Crippen LogP contribution in [0.5, 0.6) is 0 Å². The minimum atomic E-state index is -0.750. The van der Waals surface area contributed by atoms with E-state index in [1.807, 2.05) is 29.3 Å². The maximum absolute atomic E-state index is 8.29. The molecule has 0 bridgehead atoms. The molecule has 0 heterocycles. The average molecular weight is 448 g/mol. The molecule has 166 valence electrons. The first kappa shape index (κ1) is 24.8. The van der Waals surface area contributed by atoms with E-state index in [1.54, 1.807) is 0 Å².